The zero-order valence-electron chi connectivity index (χ0n) is 19.5. The smallest absolute Gasteiger partial charge is 0.0184 e. The second-order valence-electron chi connectivity index (χ2n) is 9.30. The molecule has 0 aromatic heterocycles. The lowest BCUT2D eigenvalue weighted by molar-refractivity contribution is 0.423. The van der Waals surface area contributed by atoms with Crippen LogP contribution >= 0.6 is 0 Å². The van der Waals surface area contributed by atoms with Gasteiger partial charge in [0.15, 0.2) is 0 Å². The number of aryl methyl sites for hydroxylation is 1. The summed E-state index contributed by atoms with van der Waals surface area (Å²) in [5.74, 6) is 0.922. The Morgan fingerprint density at radius 1 is 0.667 bits per heavy atom. The molecule has 0 bridgehead atoms. The van der Waals surface area contributed by atoms with Crippen LogP contribution in [0.25, 0.3) is 16.7 Å². The van der Waals surface area contributed by atoms with Gasteiger partial charge in [-0.05, 0) is 65.8 Å². The SMILES string of the molecule is CCCCCCCC1CC=C(c2ccc(-c3ccc(CCCCC)cc3)cc2)CC1. The van der Waals surface area contributed by atoms with Crippen molar-refractivity contribution < 1.29 is 0 Å². The predicted octanol–water partition coefficient (Wildman–Crippen LogP) is 9.63. The van der Waals surface area contributed by atoms with E-state index in [4.69, 9.17) is 0 Å². The first-order valence-electron chi connectivity index (χ1n) is 12.7. The van der Waals surface area contributed by atoms with Gasteiger partial charge in [0, 0.05) is 0 Å². The highest BCUT2D eigenvalue weighted by Gasteiger charge is 2.15. The molecule has 1 atom stereocenters. The molecule has 0 N–H and O–H groups in total. The fourth-order valence-electron chi connectivity index (χ4n) is 4.77. The molecular weight excluding hydrogens is 360 g/mol. The van der Waals surface area contributed by atoms with Crippen molar-refractivity contribution in [1.29, 1.82) is 0 Å². The average Bonchev–Trinajstić information content (AvgIpc) is 2.80. The Hall–Kier alpha value is -1.82. The molecule has 0 heteroatoms. The summed E-state index contributed by atoms with van der Waals surface area (Å²) in [6.45, 7) is 4.56. The van der Waals surface area contributed by atoms with Crippen LogP contribution in [0.15, 0.2) is 54.6 Å². The van der Waals surface area contributed by atoms with E-state index in [1.165, 1.54) is 106 Å². The molecule has 0 aliphatic heterocycles. The van der Waals surface area contributed by atoms with Crippen molar-refractivity contribution in [1.82, 2.24) is 0 Å². The Morgan fingerprint density at radius 3 is 1.90 bits per heavy atom. The maximum atomic E-state index is 2.53. The summed E-state index contributed by atoms with van der Waals surface area (Å²) in [5.41, 5.74) is 7.13. The molecule has 0 saturated heterocycles. The maximum absolute atomic E-state index is 2.53. The summed E-state index contributed by atoms with van der Waals surface area (Å²) in [7, 11) is 0. The first-order valence-corrected chi connectivity index (χ1v) is 12.7. The van der Waals surface area contributed by atoms with Gasteiger partial charge in [0.2, 0.25) is 0 Å². The molecule has 1 aliphatic rings. The molecule has 3 rings (SSSR count). The topological polar surface area (TPSA) is 0 Å². The zero-order chi connectivity index (χ0) is 21.0. The van der Waals surface area contributed by atoms with Gasteiger partial charge in [-0.2, -0.15) is 0 Å². The Balaban J connectivity index is 1.49. The van der Waals surface area contributed by atoms with E-state index in [9.17, 15) is 0 Å². The van der Waals surface area contributed by atoms with Gasteiger partial charge in [0.25, 0.3) is 0 Å². The van der Waals surface area contributed by atoms with Gasteiger partial charge in [-0.3, -0.25) is 0 Å². The van der Waals surface area contributed by atoms with E-state index in [1.807, 2.05) is 0 Å². The fraction of sp³-hybridized carbons (Fsp3) is 0.533. The zero-order valence-corrected chi connectivity index (χ0v) is 19.5. The van der Waals surface area contributed by atoms with E-state index in [0.717, 1.165) is 5.92 Å². The van der Waals surface area contributed by atoms with Gasteiger partial charge < -0.3 is 0 Å². The van der Waals surface area contributed by atoms with Crippen molar-refractivity contribution in [2.45, 2.75) is 97.3 Å². The van der Waals surface area contributed by atoms with E-state index >= 15 is 0 Å². The number of unbranched alkanes of at least 4 members (excludes halogenated alkanes) is 6. The molecule has 0 radical (unpaired) electrons. The van der Waals surface area contributed by atoms with E-state index in [-0.39, 0.29) is 0 Å². The standard InChI is InChI=1S/C30H42/c1-3-5-7-8-10-12-26-15-19-28(20-16-26)30-23-21-29(22-24-30)27-17-13-25(14-18-27)11-9-6-4-2/h13-14,17-19,21-24,26H,3-12,15-16,20H2,1-2H3. The van der Waals surface area contributed by atoms with Crippen molar-refractivity contribution in [2.75, 3.05) is 0 Å². The Labute approximate surface area is 185 Å². The van der Waals surface area contributed by atoms with Crippen LogP contribution in [0.2, 0.25) is 0 Å². The van der Waals surface area contributed by atoms with E-state index < -0.39 is 0 Å². The van der Waals surface area contributed by atoms with Crippen LogP contribution in [0.1, 0.15) is 102 Å². The third-order valence-electron chi connectivity index (χ3n) is 6.85. The molecular formula is C30H42. The number of hydrogen-bond donors (Lipinski definition) is 0. The van der Waals surface area contributed by atoms with Crippen LogP contribution < -0.4 is 0 Å². The first kappa shape index (κ1) is 22.9. The molecule has 1 unspecified atom stereocenters. The van der Waals surface area contributed by atoms with Crippen LogP contribution in [0.5, 0.6) is 0 Å². The second-order valence-corrected chi connectivity index (χ2v) is 9.30. The Bertz CT molecular complexity index is 748. The number of allylic oxidation sites excluding steroid dienone is 2. The van der Waals surface area contributed by atoms with Crippen molar-refractivity contribution >= 4 is 5.57 Å². The monoisotopic (exact) mass is 402 g/mol. The summed E-state index contributed by atoms with van der Waals surface area (Å²) >= 11 is 0. The normalized spacial score (nSPS) is 16.5. The summed E-state index contributed by atoms with van der Waals surface area (Å²) in [6, 6.07) is 18.5. The molecule has 30 heavy (non-hydrogen) atoms. The van der Waals surface area contributed by atoms with Gasteiger partial charge in [-0.1, -0.05) is 120 Å². The van der Waals surface area contributed by atoms with Crippen molar-refractivity contribution in [3.05, 3.63) is 65.7 Å². The quantitative estimate of drug-likeness (QED) is 0.310. The minimum absolute atomic E-state index is 0.922. The molecule has 0 fully saturated rings. The predicted molar refractivity (Wildman–Crippen MR) is 134 cm³/mol. The minimum atomic E-state index is 0.922. The molecule has 2 aromatic carbocycles. The highest BCUT2D eigenvalue weighted by molar-refractivity contribution is 5.71. The summed E-state index contributed by atoms with van der Waals surface area (Å²) in [4.78, 5) is 0. The van der Waals surface area contributed by atoms with E-state index in [1.54, 1.807) is 5.57 Å². The molecule has 0 nitrogen and oxygen atoms in total. The van der Waals surface area contributed by atoms with Crippen LogP contribution in [0, 0.1) is 5.92 Å². The van der Waals surface area contributed by atoms with Crippen LogP contribution in [-0.2, 0) is 6.42 Å². The molecule has 2 aromatic rings. The van der Waals surface area contributed by atoms with Gasteiger partial charge in [0.1, 0.15) is 0 Å². The van der Waals surface area contributed by atoms with Crippen molar-refractivity contribution in [2.24, 2.45) is 5.92 Å². The van der Waals surface area contributed by atoms with Gasteiger partial charge in [0.05, 0.1) is 0 Å². The van der Waals surface area contributed by atoms with Gasteiger partial charge in [-0.15, -0.1) is 0 Å². The molecule has 0 amide bonds. The van der Waals surface area contributed by atoms with Crippen molar-refractivity contribution in [3.63, 3.8) is 0 Å². The first-order chi connectivity index (χ1) is 14.8. The summed E-state index contributed by atoms with van der Waals surface area (Å²) < 4.78 is 0. The fourth-order valence-corrected chi connectivity index (χ4v) is 4.77. The summed E-state index contributed by atoms with van der Waals surface area (Å²) in [6.07, 6.45) is 20.1. The lowest BCUT2D eigenvalue weighted by Crippen LogP contribution is -2.05. The Morgan fingerprint density at radius 2 is 1.27 bits per heavy atom. The summed E-state index contributed by atoms with van der Waals surface area (Å²) in [5, 5.41) is 0. The highest BCUT2D eigenvalue weighted by atomic mass is 14.2. The van der Waals surface area contributed by atoms with Crippen LogP contribution in [-0.4, -0.2) is 0 Å². The molecule has 0 saturated carbocycles. The van der Waals surface area contributed by atoms with Gasteiger partial charge in [-0.25, -0.2) is 0 Å². The molecule has 0 heterocycles. The van der Waals surface area contributed by atoms with E-state index in [0.29, 0.717) is 0 Å². The molecule has 162 valence electrons. The number of benzene rings is 2. The second kappa shape index (κ2) is 12.8. The lowest BCUT2D eigenvalue weighted by Gasteiger charge is -2.22. The van der Waals surface area contributed by atoms with E-state index in [2.05, 4.69) is 68.5 Å². The molecule has 1 aliphatic carbocycles. The largest absolute Gasteiger partial charge is 0.0804 e. The minimum Gasteiger partial charge on any atom is -0.0804 e. The highest BCUT2D eigenvalue weighted by Crippen LogP contribution is 2.33. The average molecular weight is 403 g/mol. The number of hydrogen-bond acceptors (Lipinski definition) is 0. The van der Waals surface area contributed by atoms with Crippen molar-refractivity contribution in [3.8, 4) is 11.1 Å². The van der Waals surface area contributed by atoms with Gasteiger partial charge >= 0.3 is 0 Å². The third kappa shape index (κ3) is 7.15. The van der Waals surface area contributed by atoms with Crippen LogP contribution in [0.4, 0.5) is 0 Å². The van der Waals surface area contributed by atoms with Crippen LogP contribution in [0.3, 0.4) is 0 Å². The number of rotatable bonds is 12. The molecule has 0 spiro atoms. The third-order valence-corrected chi connectivity index (χ3v) is 6.85. The Kier molecular flexibility index (Phi) is 9.74. The lowest BCUT2D eigenvalue weighted by atomic mass is 9.83. The maximum Gasteiger partial charge on any atom is -0.0184 e.